The Bertz CT molecular complexity index is 1300. The highest BCUT2D eigenvalue weighted by Crippen LogP contribution is 2.27. The van der Waals surface area contributed by atoms with Crippen LogP contribution in [0.3, 0.4) is 0 Å². The molecule has 0 spiro atoms. The van der Waals surface area contributed by atoms with E-state index in [9.17, 15) is 9.18 Å². The van der Waals surface area contributed by atoms with Crippen molar-refractivity contribution in [2.45, 2.75) is 13.3 Å². The Kier molecular flexibility index (Phi) is 6.37. The molecule has 4 rings (SSSR count). The SMILES string of the molecule is C/C=C\C(=O)NCCc1cn(-c2ccc3ncnc(Nc4ccc(F)c(Cl)c4)c3c2)nn1. The quantitative estimate of drug-likeness (QED) is 0.412. The van der Waals surface area contributed by atoms with Crippen LogP contribution >= 0.6 is 11.6 Å². The normalized spacial score (nSPS) is 11.2. The van der Waals surface area contributed by atoms with E-state index in [-0.39, 0.29) is 10.9 Å². The predicted molar refractivity (Wildman–Crippen MR) is 121 cm³/mol. The summed E-state index contributed by atoms with van der Waals surface area (Å²) in [6.45, 7) is 2.25. The van der Waals surface area contributed by atoms with Crippen LogP contribution in [0.4, 0.5) is 15.9 Å². The number of halogens is 2. The van der Waals surface area contributed by atoms with E-state index in [0.29, 0.717) is 24.5 Å². The fourth-order valence-corrected chi connectivity index (χ4v) is 3.24. The topological polar surface area (TPSA) is 97.6 Å². The van der Waals surface area contributed by atoms with Crippen molar-refractivity contribution in [3.63, 3.8) is 0 Å². The smallest absolute Gasteiger partial charge is 0.243 e. The summed E-state index contributed by atoms with van der Waals surface area (Å²) in [4.78, 5) is 20.1. The largest absolute Gasteiger partial charge is 0.352 e. The van der Waals surface area contributed by atoms with Crippen LogP contribution in [0.15, 0.2) is 61.1 Å². The van der Waals surface area contributed by atoms with Gasteiger partial charge in [0.2, 0.25) is 5.91 Å². The van der Waals surface area contributed by atoms with Crippen LogP contribution in [-0.4, -0.2) is 37.4 Å². The van der Waals surface area contributed by atoms with Gasteiger partial charge in [-0.05, 0) is 49.4 Å². The maximum Gasteiger partial charge on any atom is 0.243 e. The molecule has 8 nitrogen and oxygen atoms in total. The third-order valence-electron chi connectivity index (χ3n) is 4.61. The van der Waals surface area contributed by atoms with E-state index in [1.165, 1.54) is 24.5 Å². The van der Waals surface area contributed by atoms with Gasteiger partial charge in [0.05, 0.1) is 28.1 Å². The fraction of sp³-hybridized carbons (Fsp3) is 0.136. The summed E-state index contributed by atoms with van der Waals surface area (Å²) in [6, 6.07) is 9.98. The van der Waals surface area contributed by atoms with Crippen LogP contribution in [0, 0.1) is 5.82 Å². The van der Waals surface area contributed by atoms with Crippen molar-refractivity contribution in [3.8, 4) is 5.69 Å². The molecule has 2 heterocycles. The number of rotatable bonds is 7. The lowest BCUT2D eigenvalue weighted by Crippen LogP contribution is -2.23. The van der Waals surface area contributed by atoms with Crippen molar-refractivity contribution in [1.82, 2.24) is 30.3 Å². The standard InChI is InChI=1S/C22H19ClFN7O/c1-2-3-21(32)25-9-8-15-12-31(30-29-15)16-5-7-20-17(11-16)22(27-13-26-20)28-14-4-6-19(24)18(23)10-14/h2-7,10-13H,8-9H2,1H3,(H,25,32)(H,26,27,28)/b3-2-. The first-order valence-electron chi connectivity index (χ1n) is 9.82. The fourth-order valence-electron chi connectivity index (χ4n) is 3.06. The molecule has 2 N–H and O–H groups in total. The number of hydrogen-bond donors (Lipinski definition) is 2. The van der Waals surface area contributed by atoms with Gasteiger partial charge >= 0.3 is 0 Å². The summed E-state index contributed by atoms with van der Waals surface area (Å²) in [7, 11) is 0. The van der Waals surface area contributed by atoms with Crippen molar-refractivity contribution in [3.05, 3.63) is 77.6 Å². The first kappa shape index (κ1) is 21.4. The van der Waals surface area contributed by atoms with Crippen LogP contribution in [0.2, 0.25) is 5.02 Å². The van der Waals surface area contributed by atoms with Crippen LogP contribution in [0.25, 0.3) is 16.6 Å². The van der Waals surface area contributed by atoms with Crippen molar-refractivity contribution in [2.75, 3.05) is 11.9 Å². The summed E-state index contributed by atoms with van der Waals surface area (Å²) in [5, 5.41) is 15.1. The number of fused-ring (bicyclic) bond motifs is 1. The Hall–Kier alpha value is -3.85. The highest BCUT2D eigenvalue weighted by atomic mass is 35.5. The Morgan fingerprint density at radius 2 is 2.09 bits per heavy atom. The molecular weight excluding hydrogens is 433 g/mol. The van der Waals surface area contributed by atoms with Crippen molar-refractivity contribution in [2.24, 2.45) is 0 Å². The second-order valence-electron chi connectivity index (χ2n) is 6.87. The van der Waals surface area contributed by atoms with Crippen LogP contribution < -0.4 is 10.6 Å². The van der Waals surface area contributed by atoms with E-state index < -0.39 is 5.82 Å². The number of nitrogens with one attached hydrogen (secondary N) is 2. The van der Waals surface area contributed by atoms with Crippen LogP contribution in [-0.2, 0) is 11.2 Å². The first-order valence-corrected chi connectivity index (χ1v) is 10.2. The van der Waals surface area contributed by atoms with Gasteiger partial charge in [0, 0.05) is 24.0 Å². The molecular formula is C22H19ClFN7O. The molecule has 0 atom stereocenters. The molecule has 4 aromatic rings. The molecule has 0 unspecified atom stereocenters. The van der Waals surface area contributed by atoms with E-state index >= 15 is 0 Å². The minimum Gasteiger partial charge on any atom is -0.352 e. The Labute approximate surface area is 188 Å². The highest BCUT2D eigenvalue weighted by molar-refractivity contribution is 6.31. The Balaban J connectivity index is 1.55. The van der Waals surface area contributed by atoms with Crippen molar-refractivity contribution in [1.29, 1.82) is 0 Å². The molecule has 0 radical (unpaired) electrons. The third kappa shape index (κ3) is 4.89. The number of carbonyl (C=O) groups excluding carboxylic acids is 1. The van der Waals surface area contributed by atoms with Gasteiger partial charge in [-0.25, -0.2) is 19.0 Å². The summed E-state index contributed by atoms with van der Waals surface area (Å²) < 4.78 is 15.1. The van der Waals surface area contributed by atoms with Gasteiger partial charge in [-0.2, -0.15) is 0 Å². The Morgan fingerprint density at radius 3 is 2.91 bits per heavy atom. The minimum atomic E-state index is -0.490. The second-order valence-corrected chi connectivity index (χ2v) is 7.28. The molecule has 32 heavy (non-hydrogen) atoms. The van der Waals surface area contributed by atoms with E-state index in [0.717, 1.165) is 22.3 Å². The highest BCUT2D eigenvalue weighted by Gasteiger charge is 2.10. The number of allylic oxidation sites excluding steroid dienone is 1. The molecule has 0 aliphatic heterocycles. The van der Waals surface area contributed by atoms with Gasteiger partial charge in [-0.3, -0.25) is 4.79 Å². The zero-order chi connectivity index (χ0) is 22.5. The van der Waals surface area contributed by atoms with Crippen LogP contribution in [0.1, 0.15) is 12.6 Å². The third-order valence-corrected chi connectivity index (χ3v) is 4.89. The van der Waals surface area contributed by atoms with Gasteiger partial charge in [-0.1, -0.05) is 22.9 Å². The average Bonchev–Trinajstić information content (AvgIpc) is 3.25. The second kappa shape index (κ2) is 9.52. The van der Waals surface area contributed by atoms with E-state index in [4.69, 9.17) is 11.6 Å². The maximum atomic E-state index is 13.5. The zero-order valence-electron chi connectivity index (χ0n) is 17.1. The molecule has 0 fully saturated rings. The molecule has 0 aliphatic rings. The number of carbonyl (C=O) groups is 1. The summed E-state index contributed by atoms with van der Waals surface area (Å²) in [5.74, 6) is -0.0844. The number of amides is 1. The number of hydrogen-bond acceptors (Lipinski definition) is 6. The van der Waals surface area contributed by atoms with Gasteiger partial charge < -0.3 is 10.6 Å². The summed E-state index contributed by atoms with van der Waals surface area (Å²) in [5.41, 5.74) is 2.84. The molecule has 2 aromatic carbocycles. The number of anilines is 2. The van der Waals surface area contributed by atoms with E-state index in [1.54, 1.807) is 29.9 Å². The first-order chi connectivity index (χ1) is 15.5. The molecule has 1 amide bonds. The molecule has 10 heteroatoms. The molecule has 0 saturated heterocycles. The Morgan fingerprint density at radius 1 is 1.22 bits per heavy atom. The average molecular weight is 452 g/mol. The van der Waals surface area contributed by atoms with Gasteiger partial charge in [0.1, 0.15) is 18.0 Å². The lowest BCUT2D eigenvalue weighted by Gasteiger charge is -2.10. The number of aromatic nitrogens is 5. The minimum absolute atomic E-state index is 0.0195. The monoisotopic (exact) mass is 451 g/mol. The zero-order valence-corrected chi connectivity index (χ0v) is 17.8. The summed E-state index contributed by atoms with van der Waals surface area (Å²) in [6.07, 6.45) is 6.96. The van der Waals surface area contributed by atoms with Crippen molar-refractivity contribution >= 4 is 39.9 Å². The van der Waals surface area contributed by atoms with Crippen LogP contribution in [0.5, 0.6) is 0 Å². The van der Waals surface area contributed by atoms with E-state index in [1.807, 2.05) is 18.2 Å². The molecule has 0 saturated carbocycles. The van der Waals surface area contributed by atoms with Gasteiger partial charge in [0.15, 0.2) is 0 Å². The lowest BCUT2D eigenvalue weighted by atomic mass is 10.2. The predicted octanol–water partition coefficient (Wildman–Crippen LogP) is 3.98. The van der Waals surface area contributed by atoms with Gasteiger partial charge in [0.25, 0.3) is 0 Å². The molecule has 0 aliphatic carbocycles. The molecule has 0 bridgehead atoms. The van der Waals surface area contributed by atoms with Gasteiger partial charge in [-0.15, -0.1) is 5.10 Å². The summed E-state index contributed by atoms with van der Waals surface area (Å²) >= 11 is 5.88. The molecule has 2 aromatic heterocycles. The number of nitrogens with zero attached hydrogens (tertiary/aromatic N) is 5. The lowest BCUT2D eigenvalue weighted by molar-refractivity contribution is -0.116. The number of benzene rings is 2. The molecule has 162 valence electrons. The van der Waals surface area contributed by atoms with E-state index in [2.05, 4.69) is 30.9 Å². The maximum absolute atomic E-state index is 13.5. The van der Waals surface area contributed by atoms with Crippen molar-refractivity contribution < 1.29 is 9.18 Å².